The van der Waals surface area contributed by atoms with E-state index in [0.29, 0.717) is 44.9 Å². The second kappa shape index (κ2) is 7.68. The smallest absolute Gasteiger partial charge is 0.240 e. The zero-order chi connectivity index (χ0) is 18.8. The maximum absolute atomic E-state index is 12.6. The lowest BCUT2D eigenvalue weighted by atomic mass is 10.1. The molecule has 0 N–H and O–H groups in total. The van der Waals surface area contributed by atoms with E-state index in [9.17, 15) is 9.59 Å². The molecule has 2 aliphatic heterocycles. The summed E-state index contributed by atoms with van der Waals surface area (Å²) in [6, 6.07) is 7.64. The lowest BCUT2D eigenvalue weighted by Gasteiger charge is -2.36. The van der Waals surface area contributed by atoms with Gasteiger partial charge in [-0.1, -0.05) is 12.1 Å². The van der Waals surface area contributed by atoms with Crippen molar-refractivity contribution in [2.45, 2.75) is 31.7 Å². The molecule has 0 spiro atoms. The van der Waals surface area contributed by atoms with Crippen molar-refractivity contribution in [2.24, 2.45) is 0 Å². The van der Waals surface area contributed by atoms with Gasteiger partial charge in [0.1, 0.15) is 5.52 Å². The number of nitrogens with zero attached hydrogens (tertiary/aromatic N) is 4. The summed E-state index contributed by atoms with van der Waals surface area (Å²) in [5.41, 5.74) is 1.58. The van der Waals surface area contributed by atoms with E-state index in [0.717, 1.165) is 30.5 Å². The first-order valence-corrected chi connectivity index (χ1v) is 9.73. The van der Waals surface area contributed by atoms with Crippen molar-refractivity contribution in [2.75, 3.05) is 39.8 Å². The molecule has 1 atom stereocenters. The fourth-order valence-electron chi connectivity index (χ4n) is 4.01. The summed E-state index contributed by atoms with van der Waals surface area (Å²) >= 11 is 0. The predicted octanol–water partition coefficient (Wildman–Crippen LogP) is 1.53. The van der Waals surface area contributed by atoms with Gasteiger partial charge in [-0.3, -0.25) is 14.5 Å². The molecule has 4 rings (SSSR count). The molecule has 2 aliphatic rings. The highest BCUT2D eigenvalue weighted by Crippen LogP contribution is 2.19. The molecule has 1 unspecified atom stereocenters. The number of piperazine rings is 1. The number of carbonyl (C=O) groups excluding carboxylic acids is 2. The first-order valence-electron chi connectivity index (χ1n) is 9.73. The number of aromatic nitrogens is 1. The molecule has 2 saturated heterocycles. The van der Waals surface area contributed by atoms with Crippen molar-refractivity contribution >= 4 is 22.9 Å². The molecule has 0 aliphatic carbocycles. The second-order valence-corrected chi connectivity index (χ2v) is 7.42. The highest BCUT2D eigenvalue weighted by Gasteiger charge is 2.33. The molecular weight excluding hydrogens is 344 g/mol. The topological polar surface area (TPSA) is 69.9 Å². The predicted molar refractivity (Wildman–Crippen MR) is 101 cm³/mol. The highest BCUT2D eigenvalue weighted by molar-refractivity contribution is 5.83. The molecule has 1 aromatic heterocycles. The fraction of sp³-hybridized carbons (Fsp3) is 0.550. The maximum atomic E-state index is 12.6. The van der Waals surface area contributed by atoms with Crippen LogP contribution in [0.4, 0.5) is 0 Å². The van der Waals surface area contributed by atoms with Crippen molar-refractivity contribution in [3.05, 3.63) is 30.2 Å². The minimum atomic E-state index is 0.0198. The number of likely N-dealkylation sites (tertiary alicyclic amines) is 1. The van der Waals surface area contributed by atoms with E-state index in [-0.39, 0.29) is 17.9 Å². The van der Waals surface area contributed by atoms with Gasteiger partial charge >= 0.3 is 0 Å². The third kappa shape index (κ3) is 3.83. The highest BCUT2D eigenvalue weighted by atomic mass is 16.3. The van der Waals surface area contributed by atoms with Crippen LogP contribution in [-0.4, -0.2) is 77.3 Å². The zero-order valence-corrected chi connectivity index (χ0v) is 15.8. The van der Waals surface area contributed by atoms with Crippen molar-refractivity contribution in [3.8, 4) is 0 Å². The van der Waals surface area contributed by atoms with Crippen LogP contribution < -0.4 is 0 Å². The minimum absolute atomic E-state index is 0.0198. The number of para-hydroxylation sites is 2. The Morgan fingerprint density at radius 3 is 2.56 bits per heavy atom. The van der Waals surface area contributed by atoms with Crippen LogP contribution in [0.1, 0.15) is 25.2 Å². The third-order valence-corrected chi connectivity index (χ3v) is 5.64. The summed E-state index contributed by atoms with van der Waals surface area (Å²) in [6.07, 6.45) is 2.91. The number of aryl methyl sites for hydroxylation is 1. The number of fused-ring (bicyclic) bond motifs is 1. The lowest BCUT2D eigenvalue weighted by molar-refractivity contribution is -0.142. The van der Waals surface area contributed by atoms with Crippen LogP contribution in [0.25, 0.3) is 11.1 Å². The van der Waals surface area contributed by atoms with Crippen LogP contribution in [0, 0.1) is 0 Å². The first kappa shape index (κ1) is 18.0. The van der Waals surface area contributed by atoms with Gasteiger partial charge in [0, 0.05) is 39.0 Å². The van der Waals surface area contributed by atoms with Crippen molar-refractivity contribution < 1.29 is 14.0 Å². The molecule has 0 radical (unpaired) electrons. The molecule has 7 heteroatoms. The van der Waals surface area contributed by atoms with Crippen LogP contribution in [0.15, 0.2) is 28.7 Å². The average molecular weight is 370 g/mol. The van der Waals surface area contributed by atoms with Gasteiger partial charge in [0.2, 0.25) is 11.8 Å². The van der Waals surface area contributed by atoms with Crippen LogP contribution >= 0.6 is 0 Å². The zero-order valence-electron chi connectivity index (χ0n) is 15.8. The quantitative estimate of drug-likeness (QED) is 0.816. The van der Waals surface area contributed by atoms with E-state index in [4.69, 9.17) is 4.42 Å². The van der Waals surface area contributed by atoms with Crippen LogP contribution in [0.3, 0.4) is 0 Å². The Hall–Kier alpha value is -2.41. The van der Waals surface area contributed by atoms with Crippen molar-refractivity contribution in [1.82, 2.24) is 19.7 Å². The Morgan fingerprint density at radius 1 is 1.11 bits per heavy atom. The number of amides is 2. The number of benzene rings is 1. The minimum Gasteiger partial charge on any atom is -0.441 e. The standard InChI is InChI=1S/C20H26N4O3/c1-22-10-4-6-16(22)20(26)24-13-11-23(12-14-24)19(25)9-8-18-21-15-5-2-3-7-17(15)27-18/h2-3,5,7,16H,4,6,8-14H2,1H3. The van der Waals surface area contributed by atoms with E-state index in [2.05, 4.69) is 9.88 Å². The van der Waals surface area contributed by atoms with Crippen molar-refractivity contribution in [3.63, 3.8) is 0 Å². The largest absolute Gasteiger partial charge is 0.441 e. The molecule has 2 amide bonds. The SMILES string of the molecule is CN1CCCC1C(=O)N1CCN(C(=O)CCc2nc3ccccc3o2)CC1. The maximum Gasteiger partial charge on any atom is 0.240 e. The molecule has 0 bridgehead atoms. The number of likely N-dealkylation sites (N-methyl/N-ethyl adjacent to an activating group) is 1. The van der Waals surface area contributed by atoms with Gasteiger partial charge in [-0.2, -0.15) is 0 Å². The van der Waals surface area contributed by atoms with E-state index in [1.807, 2.05) is 41.1 Å². The van der Waals surface area contributed by atoms with Crippen LogP contribution in [0.5, 0.6) is 0 Å². The molecule has 3 heterocycles. The molecule has 144 valence electrons. The van der Waals surface area contributed by atoms with Gasteiger partial charge in [-0.05, 0) is 38.6 Å². The number of hydrogen-bond donors (Lipinski definition) is 0. The first-order chi connectivity index (χ1) is 13.1. The average Bonchev–Trinajstić information content (AvgIpc) is 3.31. The number of carbonyl (C=O) groups is 2. The van der Waals surface area contributed by atoms with E-state index in [1.165, 1.54) is 0 Å². The molecular formula is C20H26N4O3. The third-order valence-electron chi connectivity index (χ3n) is 5.64. The molecule has 2 aromatic rings. The summed E-state index contributed by atoms with van der Waals surface area (Å²) in [7, 11) is 2.02. The Balaban J connectivity index is 1.26. The lowest BCUT2D eigenvalue weighted by Crippen LogP contribution is -2.54. The molecule has 2 fully saturated rings. The summed E-state index contributed by atoms with van der Waals surface area (Å²) < 4.78 is 5.68. The van der Waals surface area contributed by atoms with Gasteiger partial charge in [-0.25, -0.2) is 4.98 Å². The van der Waals surface area contributed by atoms with Gasteiger partial charge < -0.3 is 14.2 Å². The molecule has 1 aromatic carbocycles. The molecule has 0 saturated carbocycles. The summed E-state index contributed by atoms with van der Waals surface area (Å²) in [4.78, 5) is 35.5. The Labute approximate surface area is 158 Å². The second-order valence-electron chi connectivity index (χ2n) is 7.42. The van der Waals surface area contributed by atoms with Crippen molar-refractivity contribution in [1.29, 1.82) is 0 Å². The monoisotopic (exact) mass is 370 g/mol. The Morgan fingerprint density at radius 2 is 1.85 bits per heavy atom. The van der Waals surface area contributed by atoms with Gasteiger partial charge in [-0.15, -0.1) is 0 Å². The van der Waals surface area contributed by atoms with Gasteiger partial charge in [0.25, 0.3) is 0 Å². The molecule has 7 nitrogen and oxygen atoms in total. The Kier molecular flexibility index (Phi) is 5.11. The normalized spacial score (nSPS) is 21.1. The Bertz CT molecular complexity index is 792. The summed E-state index contributed by atoms with van der Waals surface area (Å²) in [5.74, 6) is 0.915. The van der Waals surface area contributed by atoms with E-state index < -0.39 is 0 Å². The number of hydrogen-bond acceptors (Lipinski definition) is 5. The van der Waals surface area contributed by atoms with E-state index in [1.54, 1.807) is 0 Å². The molecule has 27 heavy (non-hydrogen) atoms. The number of oxazole rings is 1. The van der Waals surface area contributed by atoms with Crippen LogP contribution in [-0.2, 0) is 16.0 Å². The van der Waals surface area contributed by atoms with Gasteiger partial charge in [0.15, 0.2) is 11.5 Å². The van der Waals surface area contributed by atoms with E-state index >= 15 is 0 Å². The van der Waals surface area contributed by atoms with Crippen LogP contribution in [0.2, 0.25) is 0 Å². The number of rotatable bonds is 4. The fourth-order valence-corrected chi connectivity index (χ4v) is 4.01. The summed E-state index contributed by atoms with van der Waals surface area (Å²) in [6.45, 7) is 3.45. The summed E-state index contributed by atoms with van der Waals surface area (Å²) in [5, 5.41) is 0. The van der Waals surface area contributed by atoms with Gasteiger partial charge in [0.05, 0.1) is 6.04 Å².